The van der Waals surface area contributed by atoms with Gasteiger partial charge < -0.3 is 50.4 Å². The molecule has 15 nitrogen and oxygen atoms in total. The van der Waals surface area contributed by atoms with Gasteiger partial charge in [0.2, 0.25) is 11.8 Å². The monoisotopic (exact) mass is 767 g/mol. The number of phenols is 6. The fourth-order valence-electron chi connectivity index (χ4n) is 5.07. The zero-order chi connectivity index (χ0) is 40.8. The average molecular weight is 768 g/mol. The van der Waals surface area contributed by atoms with Crippen LogP contribution in [0.25, 0.3) is 34.4 Å². The topological polar surface area (TPSA) is 248 Å². The summed E-state index contributed by atoms with van der Waals surface area (Å²) in [7, 11) is 0. The Hall–Kier alpha value is -7.29. The van der Waals surface area contributed by atoms with E-state index in [2.05, 4.69) is 22.7 Å². The van der Waals surface area contributed by atoms with Gasteiger partial charge in [-0.3, -0.25) is 14.4 Å². The molecule has 0 radical (unpaired) electrons. The van der Waals surface area contributed by atoms with E-state index in [0.717, 1.165) is 12.8 Å². The molecule has 1 aromatic heterocycles. The molecule has 4 aromatic carbocycles. The maximum absolute atomic E-state index is 12.9. The van der Waals surface area contributed by atoms with Gasteiger partial charge in [0.05, 0.1) is 6.61 Å². The van der Waals surface area contributed by atoms with Crippen molar-refractivity contribution in [1.82, 2.24) is 10.6 Å². The largest absolute Gasteiger partial charge is 0.507 e. The van der Waals surface area contributed by atoms with Crippen LogP contribution in [0.5, 0.6) is 40.2 Å². The maximum atomic E-state index is 12.9. The molecule has 8 N–H and O–H groups in total. The highest BCUT2D eigenvalue weighted by Gasteiger charge is 2.18. The Morgan fingerprint density at radius 1 is 0.732 bits per heavy atom. The molecule has 0 aliphatic heterocycles. The molecule has 0 saturated carbocycles. The van der Waals surface area contributed by atoms with Crippen LogP contribution in [0.1, 0.15) is 42.9 Å². The number of fused-ring (bicyclic) bond motifs is 1. The SMILES string of the molecule is CCCCNC(=O)/C=C/c1ccc(O)c(O)c1.Cc1c(-c2ccc(O)c(O)c2)oc2cc(OCCCNC(=O)/C=C/c3ccc(N=O)c(O)c3)cc(O)c2c1=O. The number of nitroso groups, excluding NO2 is 1. The van der Waals surface area contributed by atoms with Gasteiger partial charge in [-0.25, -0.2) is 0 Å². The van der Waals surface area contributed by atoms with Crippen molar-refractivity contribution in [1.29, 1.82) is 0 Å². The minimum absolute atomic E-state index is 0.0176. The van der Waals surface area contributed by atoms with Gasteiger partial charge in [0.1, 0.15) is 39.7 Å². The van der Waals surface area contributed by atoms with Crippen molar-refractivity contribution in [2.75, 3.05) is 19.7 Å². The van der Waals surface area contributed by atoms with E-state index in [1.165, 1.54) is 85.8 Å². The predicted octanol–water partition coefficient (Wildman–Crippen LogP) is 6.61. The van der Waals surface area contributed by atoms with E-state index in [0.29, 0.717) is 29.7 Å². The fraction of sp³-hybridized carbons (Fsp3) is 0.195. The predicted molar refractivity (Wildman–Crippen MR) is 210 cm³/mol. The first-order valence-corrected chi connectivity index (χ1v) is 17.4. The molecule has 0 bridgehead atoms. The van der Waals surface area contributed by atoms with Crippen LogP contribution in [-0.2, 0) is 9.59 Å². The van der Waals surface area contributed by atoms with Gasteiger partial charge in [-0.1, -0.05) is 25.5 Å². The van der Waals surface area contributed by atoms with Gasteiger partial charge in [0, 0.05) is 48.5 Å². The number of nitrogens with one attached hydrogen (secondary N) is 2. The summed E-state index contributed by atoms with van der Waals surface area (Å²) in [6.07, 6.45) is 8.16. The first kappa shape index (κ1) is 41.5. The lowest BCUT2D eigenvalue weighted by atomic mass is 10.0. The van der Waals surface area contributed by atoms with Gasteiger partial charge in [-0.15, -0.1) is 4.91 Å². The zero-order valence-electron chi connectivity index (χ0n) is 30.5. The van der Waals surface area contributed by atoms with E-state index < -0.39 is 5.43 Å². The lowest BCUT2D eigenvalue weighted by molar-refractivity contribution is -0.117. The Bertz CT molecular complexity index is 2330. The van der Waals surface area contributed by atoms with E-state index in [1.54, 1.807) is 12.1 Å². The minimum Gasteiger partial charge on any atom is -0.507 e. The van der Waals surface area contributed by atoms with E-state index in [1.807, 2.05) is 0 Å². The van der Waals surface area contributed by atoms with E-state index in [-0.39, 0.29) is 93.2 Å². The summed E-state index contributed by atoms with van der Waals surface area (Å²) in [5, 5.41) is 65.9. The lowest BCUT2D eigenvalue weighted by Crippen LogP contribution is -2.23. The summed E-state index contributed by atoms with van der Waals surface area (Å²) in [5.41, 5.74) is 1.28. The normalized spacial score (nSPS) is 11.0. The number of carbonyl (C=O) groups excluding carboxylic acids is 2. The number of nitrogens with zero attached hydrogens (tertiary/aromatic N) is 1. The van der Waals surface area contributed by atoms with Crippen molar-refractivity contribution in [2.45, 2.75) is 33.1 Å². The Morgan fingerprint density at radius 3 is 1.91 bits per heavy atom. The van der Waals surface area contributed by atoms with Crippen molar-refractivity contribution in [3.05, 3.63) is 111 Å². The molecule has 56 heavy (non-hydrogen) atoms. The zero-order valence-corrected chi connectivity index (χ0v) is 30.5. The van der Waals surface area contributed by atoms with Crippen molar-refractivity contribution >= 4 is 40.6 Å². The van der Waals surface area contributed by atoms with Crippen LogP contribution in [0.4, 0.5) is 5.69 Å². The highest BCUT2D eigenvalue weighted by molar-refractivity contribution is 5.92. The van der Waals surface area contributed by atoms with E-state index in [4.69, 9.17) is 14.3 Å². The first-order valence-electron chi connectivity index (χ1n) is 17.4. The molecular formula is C41H41N3O12. The Kier molecular flexibility index (Phi) is 14.6. The van der Waals surface area contributed by atoms with Crippen LogP contribution in [0, 0.1) is 11.8 Å². The van der Waals surface area contributed by atoms with Crippen molar-refractivity contribution in [3.63, 3.8) is 0 Å². The second kappa shape index (κ2) is 19.7. The third-order valence-electron chi connectivity index (χ3n) is 8.08. The van der Waals surface area contributed by atoms with Crippen LogP contribution in [-0.4, -0.2) is 62.1 Å². The average Bonchev–Trinajstić information content (AvgIpc) is 3.17. The number of aromatic hydroxyl groups is 6. The maximum Gasteiger partial charge on any atom is 0.244 e. The molecule has 0 fully saturated rings. The molecule has 5 rings (SSSR count). The number of carbonyl (C=O) groups is 2. The number of ether oxygens (including phenoxy) is 1. The molecule has 0 saturated heterocycles. The lowest BCUT2D eigenvalue weighted by Gasteiger charge is -2.11. The summed E-state index contributed by atoms with van der Waals surface area (Å²) in [6, 6.07) is 15.4. The molecule has 2 amide bonds. The highest BCUT2D eigenvalue weighted by atomic mass is 16.5. The van der Waals surface area contributed by atoms with Gasteiger partial charge in [0.15, 0.2) is 28.4 Å². The van der Waals surface area contributed by atoms with Crippen molar-refractivity contribution in [3.8, 4) is 51.6 Å². The second-order valence-corrected chi connectivity index (χ2v) is 12.3. The molecule has 5 aromatic rings. The molecule has 0 unspecified atom stereocenters. The van der Waals surface area contributed by atoms with E-state index >= 15 is 0 Å². The highest BCUT2D eigenvalue weighted by Crippen LogP contribution is 2.36. The number of phenolic OH excluding ortho intramolecular Hbond substituents is 6. The number of benzene rings is 4. The molecule has 292 valence electrons. The summed E-state index contributed by atoms with van der Waals surface area (Å²) in [5.74, 6) is -1.78. The standard InChI is InChI=1S/C28H24N2O9.C13H17NO3/c1-15-27(36)26-23(34)13-18(14-24(26)39-28(15)17-5-7-20(31)22(33)12-17)38-10-2-9-29-25(35)8-4-16-3-6-19(30-37)21(32)11-16;1-2-3-8-14-13(17)7-5-10-4-6-11(15)12(16)9-10/h3-8,11-14,31-34H,2,9-10H2,1H3,(H,29,35);4-7,9,15-16H,2-3,8H2,1H3,(H,14,17)/b8-4+;7-5+. The minimum atomic E-state index is -0.454. The third-order valence-corrected chi connectivity index (χ3v) is 8.08. The van der Waals surface area contributed by atoms with Crippen LogP contribution < -0.4 is 20.8 Å². The van der Waals surface area contributed by atoms with Crippen LogP contribution in [0.3, 0.4) is 0 Å². The molecule has 0 atom stereocenters. The Morgan fingerprint density at radius 2 is 1.32 bits per heavy atom. The van der Waals surface area contributed by atoms with Crippen LogP contribution >= 0.6 is 0 Å². The summed E-state index contributed by atoms with van der Waals surface area (Å²) < 4.78 is 11.5. The fourth-order valence-corrected chi connectivity index (χ4v) is 5.07. The summed E-state index contributed by atoms with van der Waals surface area (Å²) in [6.45, 7) is 4.72. The molecule has 0 aliphatic rings. The van der Waals surface area contributed by atoms with Crippen molar-refractivity contribution in [2.24, 2.45) is 5.18 Å². The number of amides is 2. The van der Waals surface area contributed by atoms with Gasteiger partial charge in [-0.2, -0.15) is 0 Å². The molecule has 1 heterocycles. The van der Waals surface area contributed by atoms with E-state index in [9.17, 15) is 44.8 Å². The number of hydrogen-bond acceptors (Lipinski definition) is 13. The quantitative estimate of drug-likeness (QED) is 0.0257. The Balaban J connectivity index is 0.000000343. The van der Waals surface area contributed by atoms with Gasteiger partial charge >= 0.3 is 0 Å². The van der Waals surface area contributed by atoms with Crippen molar-refractivity contribution < 1.29 is 49.4 Å². The third kappa shape index (κ3) is 11.4. The molecule has 0 spiro atoms. The van der Waals surface area contributed by atoms with Gasteiger partial charge in [0.25, 0.3) is 0 Å². The molecule has 0 aliphatic carbocycles. The Labute approximate surface area is 320 Å². The van der Waals surface area contributed by atoms with Crippen LogP contribution in [0.15, 0.2) is 93.3 Å². The molecular weight excluding hydrogens is 726 g/mol. The molecule has 15 heteroatoms. The summed E-state index contributed by atoms with van der Waals surface area (Å²) >= 11 is 0. The smallest absolute Gasteiger partial charge is 0.244 e. The second-order valence-electron chi connectivity index (χ2n) is 12.3. The van der Waals surface area contributed by atoms with Gasteiger partial charge in [-0.05, 0) is 90.7 Å². The number of hydrogen-bond donors (Lipinski definition) is 8. The van der Waals surface area contributed by atoms with Crippen LogP contribution in [0.2, 0.25) is 0 Å². The number of rotatable bonds is 14. The summed E-state index contributed by atoms with van der Waals surface area (Å²) in [4.78, 5) is 46.8. The first-order chi connectivity index (χ1) is 26.8. The number of unbranched alkanes of at least 4 members (excludes halogenated alkanes) is 1.